The zero-order valence-corrected chi connectivity index (χ0v) is 11.5. The van der Waals surface area contributed by atoms with Gasteiger partial charge in [0, 0.05) is 12.2 Å². The van der Waals surface area contributed by atoms with E-state index in [4.69, 9.17) is 5.73 Å². The highest BCUT2D eigenvalue weighted by Crippen LogP contribution is 2.17. The first kappa shape index (κ1) is 15.2. The molecule has 3 N–H and O–H groups in total. The Morgan fingerprint density at radius 1 is 1.26 bits per heavy atom. The van der Waals surface area contributed by atoms with Crippen LogP contribution in [0.3, 0.4) is 0 Å². The molecule has 0 radical (unpaired) electrons. The first-order valence-electron chi connectivity index (χ1n) is 6.17. The largest absolute Gasteiger partial charge is 0.468 e. The summed E-state index contributed by atoms with van der Waals surface area (Å²) in [4.78, 5) is 23.7. The molecule has 0 spiro atoms. The number of nitrogens with two attached hydrogens (primary N) is 1. The standard InChI is InChI=1S/C14H20N2O3/c1-9(2)12(14(18)19-3)13(17)16-11-6-4-10(8-15)5-7-11/h4-7,9,12H,8,15H2,1-3H3,(H,16,17). The number of methoxy groups -OCH3 is 1. The van der Waals surface area contributed by atoms with Gasteiger partial charge in [0.2, 0.25) is 5.91 Å². The second-order valence-electron chi connectivity index (χ2n) is 4.64. The Hall–Kier alpha value is -1.88. The molecule has 0 bridgehead atoms. The summed E-state index contributed by atoms with van der Waals surface area (Å²) < 4.78 is 4.65. The van der Waals surface area contributed by atoms with Crippen LogP contribution in [0.4, 0.5) is 5.69 Å². The Kier molecular flexibility index (Phi) is 5.51. The van der Waals surface area contributed by atoms with Gasteiger partial charge in [0.15, 0.2) is 0 Å². The third-order valence-electron chi connectivity index (χ3n) is 2.86. The van der Waals surface area contributed by atoms with Crippen molar-refractivity contribution >= 4 is 17.6 Å². The van der Waals surface area contributed by atoms with Gasteiger partial charge in [-0.05, 0) is 23.6 Å². The molecule has 1 aromatic carbocycles. The molecular weight excluding hydrogens is 244 g/mol. The Morgan fingerprint density at radius 3 is 2.26 bits per heavy atom. The number of anilines is 1. The lowest BCUT2D eigenvalue weighted by atomic mass is 9.95. The maximum atomic E-state index is 12.1. The first-order valence-corrected chi connectivity index (χ1v) is 6.17. The van der Waals surface area contributed by atoms with Crippen LogP contribution in [0.15, 0.2) is 24.3 Å². The van der Waals surface area contributed by atoms with Gasteiger partial charge in [-0.2, -0.15) is 0 Å². The molecular formula is C14H20N2O3. The fraction of sp³-hybridized carbons (Fsp3) is 0.429. The zero-order chi connectivity index (χ0) is 14.4. The second kappa shape index (κ2) is 6.89. The van der Waals surface area contributed by atoms with Crippen molar-refractivity contribution in [3.05, 3.63) is 29.8 Å². The van der Waals surface area contributed by atoms with Gasteiger partial charge in [-0.1, -0.05) is 26.0 Å². The summed E-state index contributed by atoms with van der Waals surface area (Å²) in [6.07, 6.45) is 0. The SMILES string of the molecule is COC(=O)C(C(=O)Nc1ccc(CN)cc1)C(C)C. The van der Waals surface area contributed by atoms with E-state index in [1.54, 1.807) is 26.0 Å². The van der Waals surface area contributed by atoms with Crippen molar-refractivity contribution in [1.29, 1.82) is 0 Å². The summed E-state index contributed by atoms with van der Waals surface area (Å²) in [6, 6.07) is 7.18. The van der Waals surface area contributed by atoms with E-state index in [9.17, 15) is 9.59 Å². The molecule has 0 fully saturated rings. The van der Waals surface area contributed by atoms with Crippen LogP contribution < -0.4 is 11.1 Å². The number of carbonyl (C=O) groups is 2. The molecule has 0 aliphatic carbocycles. The van der Waals surface area contributed by atoms with Crippen LogP contribution in [0, 0.1) is 11.8 Å². The van der Waals surface area contributed by atoms with E-state index in [0.717, 1.165) is 5.56 Å². The number of esters is 1. The van der Waals surface area contributed by atoms with E-state index in [-0.39, 0.29) is 11.8 Å². The number of hydrogen-bond acceptors (Lipinski definition) is 4. The Bertz CT molecular complexity index is 441. The van der Waals surface area contributed by atoms with Crippen LogP contribution >= 0.6 is 0 Å². The molecule has 1 aromatic rings. The minimum absolute atomic E-state index is 0.129. The monoisotopic (exact) mass is 264 g/mol. The molecule has 1 unspecified atom stereocenters. The van der Waals surface area contributed by atoms with Gasteiger partial charge >= 0.3 is 5.97 Å². The van der Waals surface area contributed by atoms with E-state index in [1.807, 2.05) is 12.1 Å². The second-order valence-corrected chi connectivity index (χ2v) is 4.64. The van der Waals surface area contributed by atoms with Crippen LogP contribution in [0.1, 0.15) is 19.4 Å². The average Bonchev–Trinajstić information content (AvgIpc) is 2.39. The Labute approximate surface area is 113 Å². The van der Waals surface area contributed by atoms with Crippen molar-refractivity contribution in [2.45, 2.75) is 20.4 Å². The smallest absolute Gasteiger partial charge is 0.318 e. The predicted octanol–water partition coefficient (Wildman–Crippen LogP) is 1.53. The quantitative estimate of drug-likeness (QED) is 0.624. The summed E-state index contributed by atoms with van der Waals surface area (Å²) in [7, 11) is 1.28. The number of hydrogen-bond donors (Lipinski definition) is 2. The third kappa shape index (κ3) is 4.06. The van der Waals surface area contributed by atoms with Gasteiger partial charge in [-0.15, -0.1) is 0 Å². The van der Waals surface area contributed by atoms with Crippen LogP contribution in [0.2, 0.25) is 0 Å². The Morgan fingerprint density at radius 2 is 1.84 bits per heavy atom. The normalized spacial score (nSPS) is 12.1. The maximum absolute atomic E-state index is 12.1. The van der Waals surface area contributed by atoms with E-state index < -0.39 is 11.9 Å². The van der Waals surface area contributed by atoms with Crippen LogP contribution in [-0.2, 0) is 20.9 Å². The predicted molar refractivity (Wildman–Crippen MR) is 73.3 cm³/mol. The number of carbonyl (C=O) groups excluding carboxylic acids is 2. The summed E-state index contributed by atoms with van der Waals surface area (Å²) in [5, 5.41) is 2.71. The molecule has 0 aromatic heterocycles. The molecule has 1 rings (SSSR count). The summed E-state index contributed by atoms with van der Waals surface area (Å²) in [5.74, 6) is -1.82. The molecule has 0 saturated heterocycles. The fourth-order valence-electron chi connectivity index (χ4n) is 1.75. The van der Waals surface area contributed by atoms with E-state index in [2.05, 4.69) is 10.1 Å². The maximum Gasteiger partial charge on any atom is 0.318 e. The highest BCUT2D eigenvalue weighted by atomic mass is 16.5. The van der Waals surface area contributed by atoms with E-state index >= 15 is 0 Å². The molecule has 19 heavy (non-hydrogen) atoms. The number of nitrogens with one attached hydrogen (secondary N) is 1. The summed E-state index contributed by atoms with van der Waals surface area (Å²) in [5.41, 5.74) is 7.11. The number of benzene rings is 1. The lowest BCUT2D eigenvalue weighted by molar-refractivity contribution is -0.150. The number of rotatable bonds is 5. The zero-order valence-electron chi connectivity index (χ0n) is 11.5. The molecule has 0 heterocycles. The van der Waals surface area contributed by atoms with Gasteiger partial charge in [0.05, 0.1) is 7.11 Å². The lowest BCUT2D eigenvalue weighted by Crippen LogP contribution is -2.34. The van der Waals surface area contributed by atoms with Crippen molar-refractivity contribution < 1.29 is 14.3 Å². The molecule has 1 amide bonds. The highest BCUT2D eigenvalue weighted by Gasteiger charge is 2.30. The molecule has 1 atom stereocenters. The van der Waals surface area contributed by atoms with Crippen molar-refractivity contribution in [3.63, 3.8) is 0 Å². The molecule has 104 valence electrons. The van der Waals surface area contributed by atoms with E-state index in [1.165, 1.54) is 7.11 Å². The van der Waals surface area contributed by atoms with Crippen molar-refractivity contribution in [1.82, 2.24) is 0 Å². The van der Waals surface area contributed by atoms with Crippen LogP contribution in [-0.4, -0.2) is 19.0 Å². The van der Waals surface area contributed by atoms with Gasteiger partial charge < -0.3 is 15.8 Å². The molecule has 5 heteroatoms. The highest BCUT2D eigenvalue weighted by molar-refractivity contribution is 6.04. The van der Waals surface area contributed by atoms with Gasteiger partial charge in [0.25, 0.3) is 0 Å². The molecule has 0 aliphatic rings. The number of ether oxygens (including phenoxy) is 1. The number of amides is 1. The van der Waals surface area contributed by atoms with Crippen molar-refractivity contribution in [2.24, 2.45) is 17.6 Å². The summed E-state index contributed by atoms with van der Waals surface area (Å²) in [6.45, 7) is 4.06. The average molecular weight is 264 g/mol. The lowest BCUT2D eigenvalue weighted by Gasteiger charge is -2.17. The minimum atomic E-state index is -0.806. The Balaban J connectivity index is 2.78. The van der Waals surface area contributed by atoms with Crippen LogP contribution in [0.5, 0.6) is 0 Å². The molecule has 0 aliphatic heterocycles. The van der Waals surface area contributed by atoms with Gasteiger partial charge in [0.1, 0.15) is 5.92 Å². The first-order chi connectivity index (χ1) is 8.99. The fourth-order valence-corrected chi connectivity index (χ4v) is 1.75. The third-order valence-corrected chi connectivity index (χ3v) is 2.86. The van der Waals surface area contributed by atoms with Crippen molar-refractivity contribution in [2.75, 3.05) is 12.4 Å². The minimum Gasteiger partial charge on any atom is -0.468 e. The topological polar surface area (TPSA) is 81.4 Å². The van der Waals surface area contributed by atoms with E-state index in [0.29, 0.717) is 12.2 Å². The van der Waals surface area contributed by atoms with Gasteiger partial charge in [-0.3, -0.25) is 9.59 Å². The van der Waals surface area contributed by atoms with Gasteiger partial charge in [-0.25, -0.2) is 0 Å². The summed E-state index contributed by atoms with van der Waals surface area (Å²) >= 11 is 0. The van der Waals surface area contributed by atoms with Crippen LogP contribution in [0.25, 0.3) is 0 Å². The van der Waals surface area contributed by atoms with Crippen molar-refractivity contribution in [3.8, 4) is 0 Å². The molecule has 5 nitrogen and oxygen atoms in total. The molecule has 0 saturated carbocycles.